The summed E-state index contributed by atoms with van der Waals surface area (Å²) >= 11 is 1.25. The second kappa shape index (κ2) is 9.04. The van der Waals surface area contributed by atoms with Crippen LogP contribution in [0.2, 0.25) is 0 Å². The Balaban J connectivity index is 1.95. The lowest BCUT2D eigenvalue weighted by atomic mass is 10.0. The second-order valence-electron chi connectivity index (χ2n) is 5.95. The van der Waals surface area contributed by atoms with Crippen molar-refractivity contribution >= 4 is 28.2 Å². The summed E-state index contributed by atoms with van der Waals surface area (Å²) in [5.74, 6) is -0.172. The van der Waals surface area contributed by atoms with Crippen molar-refractivity contribution in [3.05, 3.63) is 70.6 Å². The van der Waals surface area contributed by atoms with Crippen LogP contribution in [0.5, 0.6) is 5.75 Å². The molecule has 1 amide bonds. The zero-order valence-electron chi connectivity index (χ0n) is 15.9. The molecule has 0 aliphatic carbocycles. The quantitative estimate of drug-likeness (QED) is 0.598. The average Bonchev–Trinajstić information content (AvgIpc) is 3.17. The molecule has 6 nitrogen and oxygen atoms in total. The number of carbonyl (C=O) groups excluding carboxylic acids is 2. The molecule has 0 fully saturated rings. The summed E-state index contributed by atoms with van der Waals surface area (Å²) in [6.45, 7) is 1.95. The lowest BCUT2D eigenvalue weighted by molar-refractivity contribution is 0.0529. The molecule has 1 aromatic heterocycles. The molecule has 0 saturated carbocycles. The number of hydrogen-bond acceptors (Lipinski definition) is 6. The van der Waals surface area contributed by atoms with Crippen LogP contribution in [0, 0.1) is 11.3 Å². The third-order valence-electron chi connectivity index (χ3n) is 4.17. The minimum atomic E-state index is -0.505. The number of thiophene rings is 1. The highest BCUT2D eigenvalue weighted by molar-refractivity contribution is 7.15. The number of esters is 1. The highest BCUT2D eigenvalue weighted by Crippen LogP contribution is 2.37. The van der Waals surface area contributed by atoms with Crippen LogP contribution in [0.4, 0.5) is 5.00 Å². The van der Waals surface area contributed by atoms with Gasteiger partial charge in [-0.3, -0.25) is 4.79 Å². The van der Waals surface area contributed by atoms with Crippen molar-refractivity contribution in [3.8, 4) is 22.9 Å². The smallest absolute Gasteiger partial charge is 0.341 e. The number of nitriles is 1. The maximum Gasteiger partial charge on any atom is 0.341 e. The zero-order valence-corrected chi connectivity index (χ0v) is 16.7. The van der Waals surface area contributed by atoms with Crippen molar-refractivity contribution in [2.24, 2.45) is 0 Å². The number of ether oxygens (including phenoxy) is 2. The predicted octanol–water partition coefficient (Wildman–Crippen LogP) is 4.72. The van der Waals surface area contributed by atoms with Gasteiger partial charge in [-0.05, 0) is 48.9 Å². The predicted molar refractivity (Wildman–Crippen MR) is 111 cm³/mol. The van der Waals surface area contributed by atoms with Crippen LogP contribution in [-0.2, 0) is 4.74 Å². The molecule has 3 rings (SSSR count). The van der Waals surface area contributed by atoms with Gasteiger partial charge in [0, 0.05) is 16.5 Å². The van der Waals surface area contributed by atoms with Crippen molar-refractivity contribution in [2.45, 2.75) is 6.92 Å². The van der Waals surface area contributed by atoms with Crippen molar-refractivity contribution in [2.75, 3.05) is 19.0 Å². The van der Waals surface area contributed by atoms with Gasteiger partial charge in [-0.15, -0.1) is 11.3 Å². The lowest BCUT2D eigenvalue weighted by Crippen LogP contribution is -2.14. The van der Waals surface area contributed by atoms with Gasteiger partial charge in [-0.25, -0.2) is 4.79 Å². The van der Waals surface area contributed by atoms with Crippen LogP contribution in [0.25, 0.3) is 11.1 Å². The van der Waals surface area contributed by atoms with E-state index in [0.717, 1.165) is 5.56 Å². The first kappa shape index (κ1) is 20.1. The van der Waals surface area contributed by atoms with E-state index in [1.54, 1.807) is 50.4 Å². The van der Waals surface area contributed by atoms with Gasteiger partial charge in [0.2, 0.25) is 0 Å². The van der Waals surface area contributed by atoms with Crippen LogP contribution in [0.3, 0.4) is 0 Å². The number of anilines is 1. The molecule has 3 aromatic rings. The first-order chi connectivity index (χ1) is 14.1. The summed E-state index contributed by atoms with van der Waals surface area (Å²) in [7, 11) is 1.58. The molecule has 1 N–H and O–H groups in total. The summed E-state index contributed by atoms with van der Waals surface area (Å²) in [5, 5.41) is 13.9. The largest absolute Gasteiger partial charge is 0.497 e. The molecule has 0 unspecified atom stereocenters. The topological polar surface area (TPSA) is 88.4 Å². The standard InChI is InChI=1S/C22H18N2O4S/c1-3-28-22(26)19-18(15-8-10-17(27-2)11-9-15)13-29-21(19)24-20(25)16-6-4-14(12-23)5-7-16/h4-11,13H,3H2,1-2H3,(H,24,25). The van der Waals surface area contributed by atoms with Gasteiger partial charge in [-0.1, -0.05) is 12.1 Å². The fourth-order valence-electron chi connectivity index (χ4n) is 2.71. The summed E-state index contributed by atoms with van der Waals surface area (Å²) in [4.78, 5) is 25.2. The zero-order chi connectivity index (χ0) is 20.8. The molecule has 29 heavy (non-hydrogen) atoms. The Labute approximate surface area is 172 Å². The van der Waals surface area contributed by atoms with Gasteiger partial charge in [0.25, 0.3) is 5.91 Å². The number of hydrogen-bond donors (Lipinski definition) is 1. The first-order valence-corrected chi connectivity index (χ1v) is 9.70. The minimum absolute atomic E-state index is 0.222. The van der Waals surface area contributed by atoms with Crippen molar-refractivity contribution in [1.82, 2.24) is 0 Å². The van der Waals surface area contributed by atoms with E-state index in [-0.39, 0.29) is 12.5 Å². The van der Waals surface area contributed by atoms with Gasteiger partial charge < -0.3 is 14.8 Å². The molecule has 0 aliphatic rings. The van der Waals surface area contributed by atoms with Crippen molar-refractivity contribution in [1.29, 1.82) is 5.26 Å². The average molecular weight is 406 g/mol. The van der Waals surface area contributed by atoms with E-state index < -0.39 is 5.97 Å². The minimum Gasteiger partial charge on any atom is -0.497 e. The van der Waals surface area contributed by atoms with Gasteiger partial charge in [0.15, 0.2) is 0 Å². The summed E-state index contributed by atoms with van der Waals surface area (Å²) in [6, 6.07) is 15.6. The number of rotatable bonds is 6. The van der Waals surface area contributed by atoms with Gasteiger partial charge in [-0.2, -0.15) is 5.26 Å². The Bertz CT molecular complexity index is 1060. The van der Waals surface area contributed by atoms with Crippen LogP contribution >= 0.6 is 11.3 Å². The molecule has 0 radical (unpaired) electrons. The van der Waals surface area contributed by atoms with E-state index >= 15 is 0 Å². The van der Waals surface area contributed by atoms with Gasteiger partial charge >= 0.3 is 5.97 Å². The Morgan fingerprint density at radius 3 is 2.38 bits per heavy atom. The summed E-state index contributed by atoms with van der Waals surface area (Å²) in [6.07, 6.45) is 0. The Morgan fingerprint density at radius 1 is 1.10 bits per heavy atom. The maximum atomic E-state index is 12.6. The van der Waals surface area contributed by atoms with Crippen LogP contribution < -0.4 is 10.1 Å². The third-order valence-corrected chi connectivity index (χ3v) is 5.07. The van der Waals surface area contributed by atoms with E-state index in [1.807, 2.05) is 23.6 Å². The highest BCUT2D eigenvalue weighted by atomic mass is 32.1. The highest BCUT2D eigenvalue weighted by Gasteiger charge is 2.23. The van der Waals surface area contributed by atoms with Crippen molar-refractivity contribution < 1.29 is 19.1 Å². The molecule has 146 valence electrons. The molecule has 0 atom stereocenters. The maximum absolute atomic E-state index is 12.6. The molecule has 0 bridgehead atoms. The fraction of sp³-hybridized carbons (Fsp3) is 0.136. The second-order valence-corrected chi connectivity index (χ2v) is 6.83. The number of nitrogens with one attached hydrogen (secondary N) is 1. The van der Waals surface area contributed by atoms with Gasteiger partial charge in [0.1, 0.15) is 16.3 Å². The van der Waals surface area contributed by atoms with Gasteiger partial charge in [0.05, 0.1) is 25.3 Å². The molecule has 7 heteroatoms. The molecule has 2 aromatic carbocycles. The number of nitrogens with zero attached hydrogens (tertiary/aromatic N) is 1. The Morgan fingerprint density at radius 2 is 1.79 bits per heavy atom. The molecule has 0 saturated heterocycles. The molecular formula is C22H18N2O4S. The van der Waals surface area contributed by atoms with Crippen molar-refractivity contribution in [3.63, 3.8) is 0 Å². The number of carbonyl (C=O) groups is 2. The summed E-state index contributed by atoms with van der Waals surface area (Å²) < 4.78 is 10.4. The number of methoxy groups -OCH3 is 1. The molecular weight excluding hydrogens is 388 g/mol. The Kier molecular flexibility index (Phi) is 6.27. The Hall–Kier alpha value is -3.63. The van der Waals surface area contributed by atoms with E-state index in [0.29, 0.717) is 33.0 Å². The molecule has 0 aliphatic heterocycles. The fourth-order valence-corrected chi connectivity index (χ4v) is 3.66. The van der Waals surface area contributed by atoms with E-state index in [4.69, 9.17) is 14.7 Å². The first-order valence-electron chi connectivity index (χ1n) is 8.82. The number of amides is 1. The normalized spacial score (nSPS) is 10.1. The van der Waals surface area contributed by atoms with E-state index in [9.17, 15) is 9.59 Å². The molecule has 0 spiro atoms. The monoisotopic (exact) mass is 406 g/mol. The number of benzene rings is 2. The lowest BCUT2D eigenvalue weighted by Gasteiger charge is -2.09. The summed E-state index contributed by atoms with van der Waals surface area (Å²) in [5.41, 5.74) is 2.64. The van der Waals surface area contributed by atoms with Crippen LogP contribution in [0.15, 0.2) is 53.9 Å². The SMILES string of the molecule is CCOC(=O)c1c(-c2ccc(OC)cc2)csc1NC(=O)c1ccc(C#N)cc1. The van der Waals surface area contributed by atoms with Crippen LogP contribution in [-0.4, -0.2) is 25.6 Å². The van der Waals surface area contributed by atoms with E-state index in [2.05, 4.69) is 5.32 Å². The van der Waals surface area contributed by atoms with E-state index in [1.165, 1.54) is 11.3 Å². The van der Waals surface area contributed by atoms with Crippen LogP contribution in [0.1, 0.15) is 33.2 Å². The molecule has 1 heterocycles. The third kappa shape index (κ3) is 4.45.